The Morgan fingerprint density at radius 3 is 1.99 bits per heavy atom. The first-order valence-electron chi connectivity index (χ1n) is 29.4. The fourth-order valence-electron chi connectivity index (χ4n) is 10.6. The van der Waals surface area contributed by atoms with Crippen molar-refractivity contribution in [3.05, 3.63) is 89.6 Å². The summed E-state index contributed by atoms with van der Waals surface area (Å²) in [7, 11) is 0. The van der Waals surface area contributed by atoms with Gasteiger partial charge in [-0.25, -0.2) is 29.1 Å². The topological polar surface area (TPSA) is 531 Å². The van der Waals surface area contributed by atoms with Crippen LogP contribution < -0.4 is 37.8 Å². The average molecular weight is 1480 g/mol. The van der Waals surface area contributed by atoms with E-state index in [9.17, 15) is 93.9 Å². The van der Waals surface area contributed by atoms with Gasteiger partial charge in [-0.1, -0.05) is 33.5 Å². The van der Waals surface area contributed by atoms with Crippen molar-refractivity contribution in [1.82, 2.24) is 41.0 Å². The second-order valence-corrected chi connectivity index (χ2v) is 28.5. The van der Waals surface area contributed by atoms with Crippen LogP contribution >= 0.6 is 69.4 Å². The number of hydrogen-bond acceptors (Lipinski definition) is 28. The maximum Gasteiger partial charge on any atom is 0.351 e. The molecule has 4 aliphatic heterocycles. The maximum atomic E-state index is 14.6. The third-order valence-electron chi connectivity index (χ3n) is 15.9. The van der Waals surface area contributed by atoms with Crippen LogP contribution in [0.3, 0.4) is 0 Å². The minimum absolute atomic E-state index is 0.00332. The zero-order valence-corrected chi connectivity index (χ0v) is 56.9. The predicted molar refractivity (Wildman–Crippen MR) is 352 cm³/mol. The quantitative estimate of drug-likeness (QED) is 0.00872. The van der Waals surface area contributed by atoms with Gasteiger partial charge in [0.25, 0.3) is 29.5 Å². The molecule has 4 atom stereocenters. The van der Waals surface area contributed by atoms with Gasteiger partial charge in [0.15, 0.2) is 50.7 Å². The summed E-state index contributed by atoms with van der Waals surface area (Å²) >= 11 is 16.0. The Balaban J connectivity index is 0.986. The summed E-state index contributed by atoms with van der Waals surface area (Å²) in [6, 6.07) is 1.25. The van der Waals surface area contributed by atoms with Crippen LogP contribution in [-0.4, -0.2) is 227 Å². The molecule has 2 saturated heterocycles. The number of aliphatic carboxylic acids is 5. The molecule has 2 fully saturated rings. The third-order valence-corrected chi connectivity index (χ3v) is 20.8. The first-order chi connectivity index (χ1) is 46.1. The zero-order valence-electron chi connectivity index (χ0n) is 52.2. The lowest BCUT2D eigenvalue weighted by molar-refractivity contribution is -0.912. The molecule has 4 aliphatic rings. The highest BCUT2D eigenvalue weighted by Crippen LogP contribution is 2.43. The van der Waals surface area contributed by atoms with E-state index in [4.69, 9.17) is 44.3 Å². The molecule has 0 saturated carbocycles. The molecule has 98 heavy (non-hydrogen) atoms. The van der Waals surface area contributed by atoms with E-state index in [2.05, 4.69) is 41.5 Å². The van der Waals surface area contributed by atoms with Crippen LogP contribution in [0.5, 0.6) is 23.0 Å². The highest BCUT2D eigenvalue weighted by Gasteiger charge is 2.54. The van der Waals surface area contributed by atoms with Gasteiger partial charge >= 0.3 is 23.9 Å². The Morgan fingerprint density at radius 1 is 0.816 bits per heavy atom. The van der Waals surface area contributed by atoms with Crippen LogP contribution in [0.15, 0.2) is 62.5 Å². The lowest BCUT2D eigenvalue weighted by Crippen LogP contribution is -2.72. The van der Waals surface area contributed by atoms with E-state index in [1.165, 1.54) is 22.4 Å². The molecule has 5 amide bonds. The zero-order chi connectivity index (χ0) is 72.0. The molecule has 526 valence electrons. The number of quaternary nitrogens is 1. The summed E-state index contributed by atoms with van der Waals surface area (Å²) in [6.07, 6.45) is 1.55. The van der Waals surface area contributed by atoms with Gasteiger partial charge in [-0.3, -0.25) is 28.9 Å². The summed E-state index contributed by atoms with van der Waals surface area (Å²) in [6.45, 7) is 6.18. The van der Waals surface area contributed by atoms with Crippen LogP contribution in [0.4, 0.5) is 10.3 Å². The number of hydrogen-bond donors (Lipinski definition) is 14. The van der Waals surface area contributed by atoms with Crippen molar-refractivity contribution in [3.8, 4) is 23.0 Å². The van der Waals surface area contributed by atoms with Crippen LogP contribution in [0, 0.1) is 0 Å². The van der Waals surface area contributed by atoms with Crippen molar-refractivity contribution in [1.29, 1.82) is 0 Å². The molecular formula is C58H65Cl2N13O21S4. The highest BCUT2D eigenvalue weighted by atomic mass is 35.5. The molecule has 0 unspecified atom stereocenters. The molecule has 0 radical (unpaired) electrons. The van der Waals surface area contributed by atoms with Crippen LogP contribution in [0.25, 0.3) is 0 Å². The number of amides is 5. The SMILES string of the molecule is CC(C)(O/N=C(\C(=O)N[C@H](C(=O)O)[C@@H]1NC(C(=O)O)=C(Cc2sc(N)nc2/C(=N/OC(C)(C)C(=O)O)C(=O)N[C@@H]2C(=O)N3C(C(=O)[O-])=C(C[N+]4(CCCN(CCCNC(=O)c5ccc(O)c(O)c5Cl)C(=O)c5ccc(O)c(O)c5Cl)CCCC4)CS[C@H]23)CS1)c1csc(N)n1)C(=O)O. The van der Waals surface area contributed by atoms with E-state index in [1.807, 2.05) is 0 Å². The second kappa shape index (κ2) is 30.6. The van der Waals surface area contributed by atoms with Crippen molar-refractivity contribution in [2.75, 3.05) is 68.8 Å². The number of nitrogens with zero attached hydrogens (tertiary/aromatic N) is 7. The number of carbonyl (C=O) groups excluding carboxylic acids is 6. The number of carboxylic acid groups (broad SMARTS) is 5. The molecule has 4 aromatic rings. The Kier molecular flexibility index (Phi) is 23.3. The van der Waals surface area contributed by atoms with E-state index >= 15 is 0 Å². The van der Waals surface area contributed by atoms with Gasteiger partial charge in [0.05, 0.1) is 52.5 Å². The molecular weight excluding hydrogens is 1410 g/mol. The van der Waals surface area contributed by atoms with Gasteiger partial charge in [0.2, 0.25) is 11.2 Å². The average Bonchev–Trinajstić information content (AvgIpc) is 0.742. The van der Waals surface area contributed by atoms with Crippen molar-refractivity contribution in [3.63, 3.8) is 0 Å². The predicted octanol–water partition coefficient (Wildman–Crippen LogP) is 1.24. The number of fused-ring (bicyclic) bond motifs is 1. The molecule has 34 nitrogen and oxygen atoms in total. The van der Waals surface area contributed by atoms with Crippen LogP contribution in [0.1, 0.15) is 90.4 Å². The van der Waals surface area contributed by atoms with Crippen molar-refractivity contribution >= 4 is 150 Å². The van der Waals surface area contributed by atoms with Crippen molar-refractivity contribution in [2.24, 2.45) is 10.3 Å². The lowest BCUT2D eigenvalue weighted by Gasteiger charge is -2.51. The molecule has 6 heterocycles. The largest absolute Gasteiger partial charge is 0.543 e. The molecule has 16 N–H and O–H groups in total. The van der Waals surface area contributed by atoms with Crippen molar-refractivity contribution < 1.29 is 108 Å². The number of phenols is 4. The Labute approximate surface area is 581 Å². The second-order valence-electron chi connectivity index (χ2n) is 23.5. The van der Waals surface area contributed by atoms with Gasteiger partial charge < -0.3 is 103 Å². The van der Waals surface area contributed by atoms with E-state index < -0.39 is 151 Å². The van der Waals surface area contributed by atoms with Gasteiger partial charge in [0, 0.05) is 72.7 Å². The number of β-lactam (4-membered cyclic amide) rings is 1. The van der Waals surface area contributed by atoms with Crippen molar-refractivity contribution in [2.45, 2.75) is 93.8 Å². The number of phenolic OH excluding ortho intramolecular Hbond substituents is 4. The summed E-state index contributed by atoms with van der Waals surface area (Å²) < 4.78 is 0.320. The standard InChI is InChI=1S/C58H65Cl2N13O21S4/c1-57(2,53(89)90)93-69-35(28-23-97-55(61)64-28)44(79)65-38(51(85)86)46-67-34(50(83)84)24(21-95-46)19-31-36(68-56(62)98-31)37(70-94-58(3,4)54(91)92)45(80)66-39-48(82)72-40(52(87)88)25(22-96-49(39)72)20-73(16-5-6-17-73)18-8-15-71(47(81)27-10-12-30(75)42(77)33(27)60)14-7-13-63-43(78)26-9-11-29(74)41(76)32(26)59/h9-12,23,38-39,46,49,67H,5-8,13-22H2,1-4H3,(H15-,61,62,63,64,65,66,68,69,70,74,75,76,77,78,79,80,81,83,84,85,86,87,88,89,90,91,92)/t38-,39+,46+,49+/m0/s1. The molecule has 2 aromatic carbocycles. The number of oxime groups is 2. The summed E-state index contributed by atoms with van der Waals surface area (Å²) in [5, 5.41) is 109. The molecule has 40 heteroatoms. The number of likely N-dealkylation sites (tertiary alicyclic amines) is 1. The minimum Gasteiger partial charge on any atom is -0.543 e. The number of nitrogens with one attached hydrogen (secondary N) is 4. The molecule has 0 bridgehead atoms. The van der Waals surface area contributed by atoms with E-state index in [1.54, 1.807) is 0 Å². The van der Waals surface area contributed by atoms with E-state index in [-0.39, 0.29) is 92.4 Å². The summed E-state index contributed by atoms with van der Waals surface area (Å²) in [4.78, 5) is 154. The third kappa shape index (κ3) is 16.6. The van der Waals surface area contributed by atoms with Crippen LogP contribution in [0.2, 0.25) is 10.0 Å². The monoisotopic (exact) mass is 1480 g/mol. The summed E-state index contributed by atoms with van der Waals surface area (Å²) in [5.41, 5.74) is 4.98. The Hall–Kier alpha value is -9.34. The number of aromatic hydroxyl groups is 4. The number of rotatable bonds is 30. The number of carbonyl (C=O) groups is 10. The fraction of sp³-hybridized carbons (Fsp3) is 0.414. The Morgan fingerprint density at radius 2 is 1.41 bits per heavy atom. The normalized spacial score (nSPS) is 18.2. The molecule has 0 aliphatic carbocycles. The molecule has 8 rings (SSSR count). The fourth-order valence-corrected chi connectivity index (χ4v) is 15.0. The number of thioether (sulfide) groups is 2. The van der Waals surface area contributed by atoms with E-state index in [0.717, 1.165) is 104 Å². The number of benzene rings is 2. The van der Waals surface area contributed by atoms with E-state index in [0.29, 0.717) is 36.1 Å². The number of nitrogen functional groups attached to an aromatic ring is 2. The Bertz CT molecular complexity index is 4040. The van der Waals surface area contributed by atoms with Crippen LogP contribution in [-0.2, 0) is 54.5 Å². The highest BCUT2D eigenvalue weighted by molar-refractivity contribution is 8.00. The number of thiazole rings is 2. The first-order valence-corrected chi connectivity index (χ1v) is 34.0. The first kappa shape index (κ1) is 74.5. The maximum absolute atomic E-state index is 14.6. The number of halogens is 2. The smallest absolute Gasteiger partial charge is 0.351 e. The van der Waals surface area contributed by atoms with Gasteiger partial charge in [-0.15, -0.1) is 46.2 Å². The molecule has 0 spiro atoms. The minimum atomic E-state index is -2.12. The number of aromatic nitrogens is 2. The molecule has 2 aromatic heterocycles. The number of nitrogens with two attached hydrogens (primary N) is 2. The van der Waals surface area contributed by atoms with Gasteiger partial charge in [-0.2, -0.15) is 0 Å². The number of carboxylic acids is 5. The van der Waals surface area contributed by atoms with Gasteiger partial charge in [0.1, 0.15) is 40.4 Å². The van der Waals surface area contributed by atoms with Gasteiger partial charge in [-0.05, 0) is 64.0 Å². The number of anilines is 2. The lowest BCUT2D eigenvalue weighted by atomic mass is 10.0. The summed E-state index contributed by atoms with van der Waals surface area (Å²) in [5.74, 6) is -15.4.